The summed E-state index contributed by atoms with van der Waals surface area (Å²) in [5.74, 6) is 0. The molecule has 0 nitrogen and oxygen atoms in total. The van der Waals surface area contributed by atoms with Crippen molar-refractivity contribution in [1.82, 2.24) is 0 Å². The average molecular weight is 208 g/mol. The van der Waals surface area contributed by atoms with Crippen LogP contribution in [0.25, 0.3) is 6.08 Å². The maximum atomic E-state index is 3.82. The van der Waals surface area contributed by atoms with Crippen molar-refractivity contribution in [3.63, 3.8) is 0 Å². The Kier molecular flexibility index (Phi) is 6.39. The third-order valence-electron chi connectivity index (χ3n) is 1.92. The van der Waals surface area contributed by atoms with Gasteiger partial charge in [-0.3, -0.25) is 0 Å². The highest BCUT2D eigenvalue weighted by molar-refractivity contribution is 7.98. The summed E-state index contributed by atoms with van der Waals surface area (Å²) in [6, 6.07) is 4.39. The predicted molar refractivity (Wildman–Crippen MR) is 69.1 cm³/mol. The van der Waals surface area contributed by atoms with Crippen LogP contribution in [0.1, 0.15) is 30.5 Å². The van der Waals surface area contributed by atoms with Crippen LogP contribution in [0.4, 0.5) is 0 Å². The summed E-state index contributed by atoms with van der Waals surface area (Å²) in [7, 11) is 0. The van der Waals surface area contributed by atoms with Gasteiger partial charge in [-0.05, 0) is 42.9 Å². The largest absolute Gasteiger partial charge is 0.129 e. The molecule has 1 rings (SSSR count). The number of hydrogen-bond donors (Lipinski definition) is 0. The van der Waals surface area contributed by atoms with Crippen LogP contribution >= 0.6 is 11.8 Å². The van der Waals surface area contributed by atoms with Crippen molar-refractivity contribution in [1.29, 1.82) is 0 Å². The molecule has 0 unspecified atom stereocenters. The minimum Gasteiger partial charge on any atom is -0.129 e. The molecule has 0 N–H and O–H groups in total. The van der Waals surface area contributed by atoms with Gasteiger partial charge in [-0.15, -0.1) is 11.8 Å². The molecule has 0 bridgehead atoms. The molecule has 0 amide bonds. The van der Waals surface area contributed by atoms with E-state index in [1.165, 1.54) is 21.6 Å². The van der Waals surface area contributed by atoms with Crippen molar-refractivity contribution in [2.75, 3.05) is 6.26 Å². The molecule has 1 aromatic carbocycles. The summed E-state index contributed by atoms with van der Waals surface area (Å²) in [6.07, 6.45) is 4.03. The lowest BCUT2D eigenvalue weighted by atomic mass is 10.1. The number of rotatable bonds is 2. The second-order valence-corrected chi connectivity index (χ2v) is 3.75. The molecular weight excluding hydrogens is 188 g/mol. The second kappa shape index (κ2) is 6.72. The van der Waals surface area contributed by atoms with E-state index in [-0.39, 0.29) is 0 Å². The number of hydrogen-bond acceptors (Lipinski definition) is 1. The van der Waals surface area contributed by atoms with Crippen LogP contribution in [0.2, 0.25) is 0 Å². The normalized spacial score (nSPS) is 8.93. The van der Waals surface area contributed by atoms with E-state index < -0.39 is 0 Å². The van der Waals surface area contributed by atoms with E-state index in [0.29, 0.717) is 0 Å². The summed E-state index contributed by atoms with van der Waals surface area (Å²) in [5, 5.41) is 0. The number of aryl methyl sites for hydroxylation is 2. The molecule has 0 aliphatic rings. The smallest absolute Gasteiger partial charge is 0.0147 e. The molecule has 0 radical (unpaired) electrons. The van der Waals surface area contributed by atoms with Crippen molar-refractivity contribution in [2.24, 2.45) is 0 Å². The van der Waals surface area contributed by atoms with E-state index in [9.17, 15) is 0 Å². The zero-order chi connectivity index (χ0) is 11.1. The molecule has 78 valence electrons. The van der Waals surface area contributed by atoms with Gasteiger partial charge in [-0.1, -0.05) is 32.6 Å². The summed E-state index contributed by atoms with van der Waals surface area (Å²) in [6.45, 7) is 12.1. The Labute approximate surface area is 92.4 Å². The molecule has 1 heteroatoms. The Balaban J connectivity index is 0.000000791. The van der Waals surface area contributed by atoms with Gasteiger partial charge in [0.1, 0.15) is 0 Å². The summed E-state index contributed by atoms with van der Waals surface area (Å²) < 4.78 is 0. The third kappa shape index (κ3) is 3.22. The van der Waals surface area contributed by atoms with E-state index in [0.717, 1.165) is 0 Å². The van der Waals surface area contributed by atoms with Gasteiger partial charge in [-0.25, -0.2) is 0 Å². The highest BCUT2D eigenvalue weighted by atomic mass is 32.2. The first-order chi connectivity index (χ1) is 6.69. The SMILES string of the molecule is C=Cc1c(C)cc(C)cc1SC.CC. The summed E-state index contributed by atoms with van der Waals surface area (Å²) >= 11 is 1.78. The lowest BCUT2D eigenvalue weighted by Crippen LogP contribution is -1.86. The van der Waals surface area contributed by atoms with E-state index in [1.54, 1.807) is 11.8 Å². The monoisotopic (exact) mass is 208 g/mol. The van der Waals surface area contributed by atoms with Gasteiger partial charge in [0.25, 0.3) is 0 Å². The Morgan fingerprint density at radius 2 is 1.79 bits per heavy atom. The van der Waals surface area contributed by atoms with Crippen LogP contribution < -0.4 is 0 Å². The zero-order valence-corrected chi connectivity index (χ0v) is 10.7. The topological polar surface area (TPSA) is 0 Å². The summed E-state index contributed by atoms with van der Waals surface area (Å²) in [5.41, 5.74) is 3.91. The second-order valence-electron chi connectivity index (χ2n) is 2.90. The van der Waals surface area contributed by atoms with Crippen LogP contribution in [0.15, 0.2) is 23.6 Å². The first-order valence-electron chi connectivity index (χ1n) is 4.96. The lowest BCUT2D eigenvalue weighted by Gasteiger charge is -2.07. The molecular formula is C13H20S. The zero-order valence-electron chi connectivity index (χ0n) is 9.85. The van der Waals surface area contributed by atoms with E-state index in [1.807, 2.05) is 19.9 Å². The lowest BCUT2D eigenvalue weighted by molar-refractivity contribution is 1.27. The average Bonchev–Trinajstić information content (AvgIpc) is 2.19. The van der Waals surface area contributed by atoms with E-state index >= 15 is 0 Å². The highest BCUT2D eigenvalue weighted by Gasteiger charge is 2.01. The molecule has 14 heavy (non-hydrogen) atoms. The van der Waals surface area contributed by atoms with Gasteiger partial charge in [-0.2, -0.15) is 0 Å². The van der Waals surface area contributed by atoms with Crippen LogP contribution in [0.3, 0.4) is 0 Å². The molecule has 0 fully saturated rings. The van der Waals surface area contributed by atoms with Crippen LogP contribution in [0, 0.1) is 13.8 Å². The van der Waals surface area contributed by atoms with Crippen LogP contribution in [-0.2, 0) is 0 Å². The van der Waals surface area contributed by atoms with Gasteiger partial charge < -0.3 is 0 Å². The first kappa shape index (κ1) is 13.3. The van der Waals surface area contributed by atoms with Crippen LogP contribution in [0.5, 0.6) is 0 Å². The van der Waals surface area contributed by atoms with E-state index in [4.69, 9.17) is 0 Å². The molecule has 0 saturated carbocycles. The maximum absolute atomic E-state index is 3.82. The standard InChI is InChI=1S/C11H14S.C2H6/c1-5-10-9(3)6-8(2)7-11(10)12-4;1-2/h5-7H,1H2,2-4H3;1-2H3. The van der Waals surface area contributed by atoms with Gasteiger partial charge in [0.2, 0.25) is 0 Å². The molecule has 0 heterocycles. The highest BCUT2D eigenvalue weighted by Crippen LogP contribution is 2.25. The van der Waals surface area contributed by atoms with Crippen molar-refractivity contribution in [3.05, 3.63) is 35.4 Å². The number of thioether (sulfide) groups is 1. The van der Waals surface area contributed by atoms with Crippen molar-refractivity contribution in [2.45, 2.75) is 32.6 Å². The van der Waals surface area contributed by atoms with Crippen molar-refractivity contribution < 1.29 is 0 Å². The van der Waals surface area contributed by atoms with Gasteiger partial charge in [0.05, 0.1) is 0 Å². The summed E-state index contributed by atoms with van der Waals surface area (Å²) in [4.78, 5) is 1.32. The van der Waals surface area contributed by atoms with Gasteiger partial charge in [0, 0.05) is 4.90 Å². The first-order valence-corrected chi connectivity index (χ1v) is 6.19. The Morgan fingerprint density at radius 1 is 1.21 bits per heavy atom. The molecule has 0 saturated heterocycles. The third-order valence-corrected chi connectivity index (χ3v) is 2.69. The van der Waals surface area contributed by atoms with Gasteiger partial charge in [0.15, 0.2) is 0 Å². The molecule has 0 aliphatic heterocycles. The van der Waals surface area contributed by atoms with Crippen molar-refractivity contribution >= 4 is 17.8 Å². The maximum Gasteiger partial charge on any atom is 0.0147 e. The quantitative estimate of drug-likeness (QED) is 0.635. The Hall–Kier alpha value is -0.690. The fraction of sp³-hybridized carbons (Fsp3) is 0.385. The van der Waals surface area contributed by atoms with Crippen molar-refractivity contribution in [3.8, 4) is 0 Å². The fourth-order valence-corrected chi connectivity index (χ4v) is 2.14. The predicted octanol–water partition coefficient (Wildman–Crippen LogP) is 4.69. The molecule has 0 spiro atoms. The Morgan fingerprint density at radius 3 is 2.21 bits per heavy atom. The minimum absolute atomic E-state index is 1.27. The van der Waals surface area contributed by atoms with Crippen LogP contribution in [-0.4, -0.2) is 6.26 Å². The minimum atomic E-state index is 1.27. The molecule has 1 aromatic rings. The molecule has 0 aromatic heterocycles. The Bertz CT molecular complexity index is 300. The van der Waals surface area contributed by atoms with Gasteiger partial charge >= 0.3 is 0 Å². The number of benzene rings is 1. The van der Waals surface area contributed by atoms with E-state index in [2.05, 4.69) is 38.8 Å². The molecule has 0 aliphatic carbocycles. The fourth-order valence-electron chi connectivity index (χ4n) is 1.37. The molecule has 0 atom stereocenters.